The van der Waals surface area contributed by atoms with E-state index in [9.17, 15) is 5.11 Å². The van der Waals surface area contributed by atoms with Crippen molar-refractivity contribution in [1.82, 2.24) is 0 Å². The molecule has 1 heterocycles. The van der Waals surface area contributed by atoms with Crippen LogP contribution in [0.5, 0.6) is 5.75 Å². The van der Waals surface area contributed by atoms with Gasteiger partial charge in [0.25, 0.3) is 0 Å². The van der Waals surface area contributed by atoms with Crippen LogP contribution >= 0.6 is 23.7 Å². The number of hydrogen-bond donors (Lipinski definition) is 2. The molecule has 1 unspecified atom stereocenters. The molecule has 4 heteroatoms. The van der Waals surface area contributed by atoms with Crippen molar-refractivity contribution in [2.24, 2.45) is 0 Å². The molecule has 0 radical (unpaired) electrons. The monoisotopic (exact) mass is 325 g/mol. The summed E-state index contributed by atoms with van der Waals surface area (Å²) in [7, 11) is 0. The third-order valence-electron chi connectivity index (χ3n) is 3.63. The summed E-state index contributed by atoms with van der Waals surface area (Å²) in [6, 6.07) is 10.0. The number of nitrogens with one attached hydrogen (secondary N) is 1. The van der Waals surface area contributed by atoms with Crippen LogP contribution in [0.25, 0.3) is 0 Å². The summed E-state index contributed by atoms with van der Waals surface area (Å²) in [5.74, 6) is 0.938. The molecule has 0 saturated carbocycles. The fourth-order valence-electron chi connectivity index (χ4n) is 2.56. The molecule has 1 aromatic heterocycles. The molecule has 0 aliphatic heterocycles. The Bertz CT molecular complexity index is 528. The van der Waals surface area contributed by atoms with Gasteiger partial charge >= 0.3 is 0 Å². The molecule has 21 heavy (non-hydrogen) atoms. The van der Waals surface area contributed by atoms with Gasteiger partial charge in [-0.15, -0.1) is 23.7 Å². The van der Waals surface area contributed by atoms with E-state index in [0.29, 0.717) is 11.7 Å². The zero-order valence-electron chi connectivity index (χ0n) is 12.6. The van der Waals surface area contributed by atoms with Gasteiger partial charge in [0.05, 0.1) is 0 Å². The maximum Gasteiger partial charge on any atom is 0.120 e. The van der Waals surface area contributed by atoms with Crippen molar-refractivity contribution >= 4 is 29.4 Å². The van der Waals surface area contributed by atoms with Crippen LogP contribution in [-0.4, -0.2) is 11.7 Å². The number of benzene rings is 1. The number of thiophene rings is 1. The summed E-state index contributed by atoms with van der Waals surface area (Å²) in [6.07, 6.45) is 3.21. The SMILES string of the molecule is CCCC(CNc1cccc(O)c1CC)c1cccs1.Cl. The van der Waals surface area contributed by atoms with Crippen LogP contribution in [0.3, 0.4) is 0 Å². The van der Waals surface area contributed by atoms with Crippen LogP contribution in [-0.2, 0) is 6.42 Å². The van der Waals surface area contributed by atoms with E-state index >= 15 is 0 Å². The lowest BCUT2D eigenvalue weighted by Gasteiger charge is -2.18. The third kappa shape index (κ3) is 4.65. The number of halogens is 1. The lowest BCUT2D eigenvalue weighted by Crippen LogP contribution is -2.12. The molecule has 0 fully saturated rings. The van der Waals surface area contributed by atoms with Gasteiger partial charge in [0.2, 0.25) is 0 Å². The molecule has 0 saturated heterocycles. The van der Waals surface area contributed by atoms with Gasteiger partial charge in [0.1, 0.15) is 5.75 Å². The molecule has 2 nitrogen and oxygen atoms in total. The van der Waals surface area contributed by atoms with Crippen molar-refractivity contribution in [3.05, 3.63) is 46.2 Å². The fourth-order valence-corrected chi connectivity index (χ4v) is 3.43. The highest BCUT2D eigenvalue weighted by Gasteiger charge is 2.13. The van der Waals surface area contributed by atoms with Crippen molar-refractivity contribution in [3.63, 3.8) is 0 Å². The quantitative estimate of drug-likeness (QED) is 0.711. The number of phenols is 1. The third-order valence-corrected chi connectivity index (χ3v) is 4.66. The average Bonchev–Trinajstić information content (AvgIpc) is 2.97. The molecular formula is C17H24ClNOS. The van der Waals surface area contributed by atoms with E-state index in [-0.39, 0.29) is 12.4 Å². The Hall–Kier alpha value is -1.19. The molecule has 0 bridgehead atoms. The molecule has 1 atom stereocenters. The molecule has 0 amide bonds. The van der Waals surface area contributed by atoms with E-state index < -0.39 is 0 Å². The number of phenolic OH excluding ortho intramolecular Hbond substituents is 1. The summed E-state index contributed by atoms with van der Waals surface area (Å²) < 4.78 is 0. The van der Waals surface area contributed by atoms with E-state index in [4.69, 9.17) is 0 Å². The van der Waals surface area contributed by atoms with Crippen molar-refractivity contribution in [2.45, 2.75) is 39.0 Å². The first-order chi connectivity index (χ1) is 9.76. The Kier molecular flexibility index (Phi) is 7.62. The van der Waals surface area contributed by atoms with Crippen LogP contribution in [0.15, 0.2) is 35.7 Å². The summed E-state index contributed by atoms with van der Waals surface area (Å²) in [6.45, 7) is 5.22. The predicted molar refractivity (Wildman–Crippen MR) is 95.2 cm³/mol. The van der Waals surface area contributed by atoms with Gasteiger partial charge in [-0.05, 0) is 36.4 Å². The van der Waals surface area contributed by atoms with Gasteiger partial charge in [-0.1, -0.05) is 32.4 Å². The zero-order chi connectivity index (χ0) is 14.4. The fraction of sp³-hybridized carbons (Fsp3) is 0.412. The first kappa shape index (κ1) is 17.9. The second-order valence-electron chi connectivity index (χ2n) is 5.04. The minimum Gasteiger partial charge on any atom is -0.508 e. The van der Waals surface area contributed by atoms with Gasteiger partial charge in [0, 0.05) is 28.6 Å². The van der Waals surface area contributed by atoms with Crippen molar-refractivity contribution in [1.29, 1.82) is 0 Å². The van der Waals surface area contributed by atoms with E-state index in [0.717, 1.165) is 24.2 Å². The van der Waals surface area contributed by atoms with Crippen LogP contribution < -0.4 is 5.32 Å². The molecule has 0 aliphatic rings. The second-order valence-corrected chi connectivity index (χ2v) is 6.02. The predicted octanol–water partition coefficient (Wildman–Crippen LogP) is 5.43. The molecule has 2 aromatic rings. The Morgan fingerprint density at radius 2 is 2.00 bits per heavy atom. The Labute approximate surface area is 137 Å². The van der Waals surface area contributed by atoms with Crippen molar-refractivity contribution < 1.29 is 5.11 Å². The standard InChI is InChI=1S/C17H23NOS.ClH/c1-3-7-13(17-10-6-11-20-17)12-18-15-8-5-9-16(19)14(15)4-2;/h5-6,8-11,13,18-19H,3-4,7,12H2,1-2H3;1H. The number of aromatic hydroxyl groups is 1. The highest BCUT2D eigenvalue weighted by Crippen LogP contribution is 2.29. The van der Waals surface area contributed by atoms with Crippen LogP contribution in [0.2, 0.25) is 0 Å². The second kappa shape index (κ2) is 8.96. The van der Waals surface area contributed by atoms with Gasteiger partial charge in [-0.3, -0.25) is 0 Å². The minimum atomic E-state index is 0. The van der Waals surface area contributed by atoms with E-state index in [2.05, 4.69) is 42.7 Å². The molecule has 116 valence electrons. The molecule has 1 aromatic carbocycles. The molecule has 2 N–H and O–H groups in total. The maximum atomic E-state index is 9.91. The maximum absolute atomic E-state index is 9.91. The first-order valence-electron chi connectivity index (χ1n) is 7.34. The molecule has 2 rings (SSSR count). The van der Waals surface area contributed by atoms with Crippen molar-refractivity contribution in [2.75, 3.05) is 11.9 Å². The van der Waals surface area contributed by atoms with Gasteiger partial charge in [-0.2, -0.15) is 0 Å². The largest absolute Gasteiger partial charge is 0.508 e. The summed E-state index contributed by atoms with van der Waals surface area (Å²) in [4.78, 5) is 1.44. The van der Waals surface area contributed by atoms with Crippen LogP contribution in [0.4, 0.5) is 5.69 Å². The molecular weight excluding hydrogens is 302 g/mol. The highest BCUT2D eigenvalue weighted by molar-refractivity contribution is 7.10. The Morgan fingerprint density at radius 1 is 1.19 bits per heavy atom. The Balaban J connectivity index is 0.00000220. The zero-order valence-corrected chi connectivity index (χ0v) is 14.3. The topological polar surface area (TPSA) is 32.3 Å². The first-order valence-corrected chi connectivity index (χ1v) is 8.22. The number of rotatable bonds is 7. The van der Waals surface area contributed by atoms with Gasteiger partial charge < -0.3 is 10.4 Å². The smallest absolute Gasteiger partial charge is 0.120 e. The summed E-state index contributed by atoms with van der Waals surface area (Å²) in [5, 5.41) is 15.6. The van der Waals surface area contributed by atoms with Crippen LogP contribution in [0.1, 0.15) is 43.0 Å². The summed E-state index contributed by atoms with van der Waals surface area (Å²) >= 11 is 1.83. The molecule has 0 spiro atoms. The van der Waals surface area contributed by atoms with Gasteiger partial charge in [0.15, 0.2) is 0 Å². The number of hydrogen-bond acceptors (Lipinski definition) is 3. The van der Waals surface area contributed by atoms with E-state index in [1.54, 1.807) is 6.07 Å². The van der Waals surface area contributed by atoms with E-state index in [1.165, 1.54) is 17.7 Å². The lowest BCUT2D eigenvalue weighted by molar-refractivity contribution is 0.469. The minimum absolute atomic E-state index is 0. The highest BCUT2D eigenvalue weighted by atomic mass is 35.5. The van der Waals surface area contributed by atoms with Gasteiger partial charge in [-0.25, -0.2) is 0 Å². The van der Waals surface area contributed by atoms with E-state index in [1.807, 2.05) is 17.4 Å². The average molecular weight is 326 g/mol. The number of anilines is 1. The van der Waals surface area contributed by atoms with Crippen LogP contribution in [0, 0.1) is 0 Å². The normalized spacial score (nSPS) is 11.7. The van der Waals surface area contributed by atoms with Crippen molar-refractivity contribution in [3.8, 4) is 5.75 Å². The summed E-state index contributed by atoms with van der Waals surface area (Å²) in [5.41, 5.74) is 2.07. The molecule has 0 aliphatic carbocycles. The Morgan fingerprint density at radius 3 is 2.62 bits per heavy atom. The lowest BCUT2D eigenvalue weighted by atomic mass is 10.0.